The molecule has 33 heavy (non-hydrogen) atoms. The third-order valence-corrected chi connectivity index (χ3v) is 4.18. The summed E-state index contributed by atoms with van der Waals surface area (Å²) in [4.78, 5) is 0. The highest BCUT2D eigenvalue weighted by Crippen LogP contribution is 1.94. The summed E-state index contributed by atoms with van der Waals surface area (Å²) in [6, 6.07) is 0. The number of unbranched alkanes of at least 4 members (excludes halogenated alkanes) is 2. The lowest BCUT2D eigenvalue weighted by Gasteiger charge is -2.09. The van der Waals surface area contributed by atoms with Crippen LogP contribution in [0.2, 0.25) is 0 Å². The first-order chi connectivity index (χ1) is 16.3. The molecule has 0 aromatic heterocycles. The van der Waals surface area contributed by atoms with Crippen LogP contribution in [-0.4, -0.2) is 118 Å². The SMILES string of the molecule is CCCCCOCCOCCOCCOCCOCCOCCOCCOCCOC(C)C. The molecule has 0 aliphatic carbocycles. The van der Waals surface area contributed by atoms with E-state index in [2.05, 4.69) is 6.92 Å². The van der Waals surface area contributed by atoms with Gasteiger partial charge in [-0.2, -0.15) is 0 Å². The topological polar surface area (TPSA) is 83.1 Å². The Kier molecular flexibility index (Phi) is 29.3. The lowest BCUT2D eigenvalue weighted by molar-refractivity contribution is -0.0269. The molecule has 0 unspecified atom stereocenters. The Morgan fingerprint density at radius 1 is 0.364 bits per heavy atom. The molecule has 9 nitrogen and oxygen atoms in total. The van der Waals surface area contributed by atoms with Gasteiger partial charge in [-0.05, 0) is 20.3 Å². The normalized spacial score (nSPS) is 11.6. The first-order valence-corrected chi connectivity index (χ1v) is 12.5. The molecule has 0 heterocycles. The molecule has 0 bridgehead atoms. The largest absolute Gasteiger partial charge is 0.379 e. The van der Waals surface area contributed by atoms with Crippen LogP contribution in [0.25, 0.3) is 0 Å². The molecule has 9 heteroatoms. The standard InChI is InChI=1S/C24H50O9/c1-4-5-6-7-25-8-9-26-10-11-27-12-13-28-14-15-29-16-17-30-18-19-31-20-21-32-22-23-33-24(2)3/h24H,4-23H2,1-3H3. The molecule has 0 saturated carbocycles. The van der Waals surface area contributed by atoms with Crippen LogP contribution in [0.5, 0.6) is 0 Å². The van der Waals surface area contributed by atoms with Crippen molar-refractivity contribution in [2.45, 2.75) is 46.1 Å². The van der Waals surface area contributed by atoms with Gasteiger partial charge in [0.1, 0.15) is 0 Å². The van der Waals surface area contributed by atoms with E-state index in [1.165, 1.54) is 12.8 Å². The van der Waals surface area contributed by atoms with E-state index in [-0.39, 0.29) is 6.10 Å². The molecular weight excluding hydrogens is 432 g/mol. The van der Waals surface area contributed by atoms with Gasteiger partial charge >= 0.3 is 0 Å². The Hall–Kier alpha value is -0.360. The van der Waals surface area contributed by atoms with Crippen LogP contribution in [0.15, 0.2) is 0 Å². The summed E-state index contributed by atoms with van der Waals surface area (Å²) in [5, 5.41) is 0. The van der Waals surface area contributed by atoms with E-state index in [9.17, 15) is 0 Å². The number of ether oxygens (including phenoxy) is 9. The quantitative estimate of drug-likeness (QED) is 0.149. The molecule has 0 rings (SSSR count). The molecule has 0 atom stereocenters. The Morgan fingerprint density at radius 3 is 0.909 bits per heavy atom. The first kappa shape index (κ1) is 32.6. The van der Waals surface area contributed by atoms with Gasteiger partial charge in [-0.15, -0.1) is 0 Å². The molecule has 0 aromatic rings. The third kappa shape index (κ3) is 31.6. The van der Waals surface area contributed by atoms with Crippen molar-refractivity contribution in [1.29, 1.82) is 0 Å². The van der Waals surface area contributed by atoms with Crippen molar-refractivity contribution < 1.29 is 42.6 Å². The van der Waals surface area contributed by atoms with Crippen molar-refractivity contribution in [2.75, 3.05) is 112 Å². The van der Waals surface area contributed by atoms with Gasteiger partial charge in [0.25, 0.3) is 0 Å². The highest BCUT2D eigenvalue weighted by Gasteiger charge is 1.96. The Morgan fingerprint density at radius 2 is 0.636 bits per heavy atom. The van der Waals surface area contributed by atoms with Gasteiger partial charge in [-0.3, -0.25) is 0 Å². The molecule has 0 radical (unpaired) electrons. The summed E-state index contributed by atoms with van der Waals surface area (Å²) in [6.45, 7) is 16.1. The van der Waals surface area contributed by atoms with Crippen molar-refractivity contribution in [3.05, 3.63) is 0 Å². The fraction of sp³-hybridized carbons (Fsp3) is 1.00. The highest BCUT2D eigenvalue weighted by atomic mass is 16.6. The van der Waals surface area contributed by atoms with E-state index in [0.29, 0.717) is 106 Å². The Balaban J connectivity index is 3.00. The van der Waals surface area contributed by atoms with Gasteiger partial charge < -0.3 is 42.6 Å². The van der Waals surface area contributed by atoms with Crippen LogP contribution in [0.3, 0.4) is 0 Å². The summed E-state index contributed by atoms with van der Waals surface area (Å²) < 4.78 is 48.9. The van der Waals surface area contributed by atoms with Crippen molar-refractivity contribution in [3.63, 3.8) is 0 Å². The number of hydrogen-bond donors (Lipinski definition) is 0. The van der Waals surface area contributed by atoms with Crippen molar-refractivity contribution >= 4 is 0 Å². The van der Waals surface area contributed by atoms with Crippen LogP contribution in [0, 0.1) is 0 Å². The fourth-order valence-electron chi connectivity index (χ4n) is 2.44. The van der Waals surface area contributed by atoms with Crippen molar-refractivity contribution in [2.24, 2.45) is 0 Å². The minimum Gasteiger partial charge on any atom is -0.379 e. The van der Waals surface area contributed by atoms with E-state index in [4.69, 9.17) is 42.6 Å². The van der Waals surface area contributed by atoms with E-state index in [1.54, 1.807) is 0 Å². The minimum atomic E-state index is 0.241. The maximum Gasteiger partial charge on any atom is 0.0703 e. The molecule has 0 fully saturated rings. The predicted molar refractivity (Wildman–Crippen MR) is 127 cm³/mol. The van der Waals surface area contributed by atoms with Crippen molar-refractivity contribution in [1.82, 2.24) is 0 Å². The Labute approximate surface area is 201 Å². The molecule has 0 aromatic carbocycles. The molecule has 200 valence electrons. The van der Waals surface area contributed by atoms with Crippen LogP contribution in [0.1, 0.15) is 40.0 Å². The fourth-order valence-corrected chi connectivity index (χ4v) is 2.44. The number of hydrogen-bond acceptors (Lipinski definition) is 9. The van der Waals surface area contributed by atoms with E-state index >= 15 is 0 Å². The van der Waals surface area contributed by atoms with E-state index in [1.807, 2.05) is 13.8 Å². The van der Waals surface area contributed by atoms with Crippen LogP contribution >= 0.6 is 0 Å². The zero-order chi connectivity index (χ0) is 24.1. The van der Waals surface area contributed by atoms with Crippen LogP contribution in [-0.2, 0) is 42.6 Å². The highest BCUT2D eigenvalue weighted by molar-refractivity contribution is 4.40. The molecule has 0 spiro atoms. The average Bonchev–Trinajstić information content (AvgIpc) is 2.80. The van der Waals surface area contributed by atoms with Gasteiger partial charge in [0.2, 0.25) is 0 Å². The summed E-state index contributed by atoms with van der Waals surface area (Å²) in [6.07, 6.45) is 3.80. The van der Waals surface area contributed by atoms with Gasteiger partial charge in [0.05, 0.1) is 112 Å². The predicted octanol–water partition coefficient (Wildman–Crippen LogP) is 2.73. The van der Waals surface area contributed by atoms with Gasteiger partial charge in [-0.1, -0.05) is 19.8 Å². The summed E-state index contributed by atoms with van der Waals surface area (Å²) in [5.74, 6) is 0. The molecule has 0 aliphatic rings. The average molecular weight is 483 g/mol. The van der Waals surface area contributed by atoms with E-state index < -0.39 is 0 Å². The minimum absolute atomic E-state index is 0.241. The lowest BCUT2D eigenvalue weighted by atomic mass is 10.3. The molecule has 0 N–H and O–H groups in total. The molecule has 0 aliphatic heterocycles. The van der Waals surface area contributed by atoms with E-state index in [0.717, 1.165) is 13.0 Å². The van der Waals surface area contributed by atoms with Gasteiger partial charge in [0, 0.05) is 6.61 Å². The second kappa shape index (κ2) is 29.7. The molecule has 0 amide bonds. The summed E-state index contributed by atoms with van der Waals surface area (Å²) in [5.41, 5.74) is 0. The maximum absolute atomic E-state index is 5.47. The van der Waals surface area contributed by atoms with Crippen molar-refractivity contribution in [3.8, 4) is 0 Å². The monoisotopic (exact) mass is 482 g/mol. The Bertz CT molecular complexity index is 346. The second-order valence-electron chi connectivity index (χ2n) is 7.53. The summed E-state index contributed by atoms with van der Waals surface area (Å²) >= 11 is 0. The second-order valence-corrected chi connectivity index (χ2v) is 7.53. The third-order valence-electron chi connectivity index (χ3n) is 4.18. The maximum atomic E-state index is 5.47. The van der Waals surface area contributed by atoms with Gasteiger partial charge in [-0.25, -0.2) is 0 Å². The molecule has 0 saturated heterocycles. The van der Waals surface area contributed by atoms with Crippen LogP contribution in [0.4, 0.5) is 0 Å². The first-order valence-electron chi connectivity index (χ1n) is 12.5. The number of rotatable bonds is 29. The van der Waals surface area contributed by atoms with Crippen LogP contribution < -0.4 is 0 Å². The zero-order valence-corrected chi connectivity index (χ0v) is 21.4. The zero-order valence-electron chi connectivity index (χ0n) is 21.4. The summed E-state index contributed by atoms with van der Waals surface area (Å²) in [7, 11) is 0. The molecular formula is C24H50O9. The van der Waals surface area contributed by atoms with Gasteiger partial charge in [0.15, 0.2) is 0 Å². The lowest BCUT2D eigenvalue weighted by Crippen LogP contribution is -2.15. The smallest absolute Gasteiger partial charge is 0.0703 e.